The maximum atomic E-state index is 13.3. The first kappa shape index (κ1) is 23.4. The van der Waals surface area contributed by atoms with Crippen molar-refractivity contribution in [2.24, 2.45) is 5.92 Å². The molecule has 2 atom stereocenters. The van der Waals surface area contributed by atoms with Crippen molar-refractivity contribution in [3.05, 3.63) is 60.0 Å². The lowest BCUT2D eigenvalue weighted by molar-refractivity contribution is -0.128. The Balaban J connectivity index is 1.21. The molecule has 8 heteroatoms. The lowest BCUT2D eigenvalue weighted by Crippen LogP contribution is -2.46. The average Bonchev–Trinajstić information content (AvgIpc) is 3.32. The molecule has 1 amide bonds. The van der Waals surface area contributed by atoms with Gasteiger partial charge in [0.25, 0.3) is 0 Å². The van der Waals surface area contributed by atoms with Crippen LogP contribution in [-0.2, 0) is 11.3 Å². The summed E-state index contributed by atoms with van der Waals surface area (Å²) >= 11 is 0. The topological polar surface area (TPSA) is 89.7 Å². The first-order valence-corrected chi connectivity index (χ1v) is 12.2. The van der Waals surface area contributed by atoms with Gasteiger partial charge in [-0.3, -0.25) is 9.69 Å². The third-order valence-corrected chi connectivity index (χ3v) is 6.74. The molecule has 0 bridgehead atoms. The van der Waals surface area contributed by atoms with E-state index in [9.17, 15) is 4.79 Å². The van der Waals surface area contributed by atoms with Crippen molar-refractivity contribution in [1.82, 2.24) is 20.4 Å². The summed E-state index contributed by atoms with van der Waals surface area (Å²) in [5.74, 6) is 2.75. The van der Waals surface area contributed by atoms with Crippen molar-refractivity contribution >= 4 is 5.91 Å². The van der Waals surface area contributed by atoms with E-state index in [1.807, 2.05) is 48.5 Å². The van der Waals surface area contributed by atoms with Crippen molar-refractivity contribution in [2.45, 2.75) is 51.3 Å². The zero-order chi connectivity index (χ0) is 24.4. The number of aromatic nitrogens is 2. The van der Waals surface area contributed by atoms with Crippen LogP contribution < -0.4 is 14.8 Å². The van der Waals surface area contributed by atoms with Crippen LogP contribution in [0.25, 0.3) is 11.4 Å². The summed E-state index contributed by atoms with van der Waals surface area (Å²) in [6, 6.07) is 15.5. The Kier molecular flexibility index (Phi) is 6.47. The van der Waals surface area contributed by atoms with Gasteiger partial charge >= 0.3 is 0 Å². The second-order valence-electron chi connectivity index (χ2n) is 9.98. The highest BCUT2D eigenvalue weighted by Gasteiger charge is 2.36. The number of benzene rings is 2. The molecule has 5 rings (SSSR count). The van der Waals surface area contributed by atoms with Crippen LogP contribution in [-0.4, -0.2) is 46.7 Å². The average molecular weight is 477 g/mol. The summed E-state index contributed by atoms with van der Waals surface area (Å²) in [6.45, 7) is 6.22. The molecule has 2 aliphatic rings. The van der Waals surface area contributed by atoms with Crippen LogP contribution in [0.1, 0.15) is 50.6 Å². The second kappa shape index (κ2) is 9.70. The van der Waals surface area contributed by atoms with Gasteiger partial charge in [0.2, 0.25) is 17.6 Å². The predicted octanol–water partition coefficient (Wildman–Crippen LogP) is 4.38. The number of hydrogen-bond donors (Lipinski definition) is 1. The number of carbonyl (C=O) groups excluding carboxylic acids is 1. The lowest BCUT2D eigenvalue weighted by Gasteiger charge is -2.39. The van der Waals surface area contributed by atoms with E-state index < -0.39 is 0 Å². The van der Waals surface area contributed by atoms with Crippen LogP contribution in [0.5, 0.6) is 11.5 Å². The van der Waals surface area contributed by atoms with Gasteiger partial charge in [-0.1, -0.05) is 23.4 Å². The summed E-state index contributed by atoms with van der Waals surface area (Å²) in [4.78, 5) is 20.1. The largest absolute Gasteiger partial charge is 0.497 e. The van der Waals surface area contributed by atoms with Crippen LogP contribution in [0.3, 0.4) is 0 Å². The second-order valence-corrected chi connectivity index (χ2v) is 9.98. The Hall–Kier alpha value is -3.39. The number of likely N-dealkylation sites (tertiary alicyclic amines) is 1. The normalized spacial score (nSPS) is 21.6. The lowest BCUT2D eigenvalue weighted by atomic mass is 9.88. The fraction of sp³-hybridized carbons (Fsp3) is 0.444. The highest BCUT2D eigenvalue weighted by Crippen LogP contribution is 2.39. The zero-order valence-electron chi connectivity index (χ0n) is 20.5. The predicted molar refractivity (Wildman–Crippen MR) is 131 cm³/mol. The number of amides is 1. The molecule has 1 aromatic heterocycles. The number of nitrogens with one attached hydrogen (secondary N) is 1. The summed E-state index contributed by atoms with van der Waals surface area (Å²) in [5.41, 5.74) is 1.59. The van der Waals surface area contributed by atoms with E-state index in [4.69, 9.17) is 14.0 Å². The molecular weight excluding hydrogens is 444 g/mol. The Morgan fingerprint density at radius 3 is 2.80 bits per heavy atom. The third kappa shape index (κ3) is 5.32. The molecule has 184 valence electrons. The number of para-hydroxylation sites is 1. The minimum Gasteiger partial charge on any atom is -0.497 e. The molecule has 0 spiro atoms. The van der Waals surface area contributed by atoms with Gasteiger partial charge < -0.3 is 19.3 Å². The van der Waals surface area contributed by atoms with Crippen molar-refractivity contribution in [3.8, 4) is 22.9 Å². The van der Waals surface area contributed by atoms with Crippen LogP contribution in [0, 0.1) is 5.92 Å². The molecular formula is C27H32N4O4. The Labute approximate surface area is 205 Å². The SMILES string of the molecule is COc1ccc(-c2noc(CN3CCCC(C(=O)NC4CC(C)(C)Oc5ccccc54)C3)n2)cc1. The van der Waals surface area contributed by atoms with Crippen LogP contribution in [0.4, 0.5) is 0 Å². The summed E-state index contributed by atoms with van der Waals surface area (Å²) in [5, 5.41) is 7.44. The molecule has 0 saturated carbocycles. The molecule has 1 N–H and O–H groups in total. The highest BCUT2D eigenvalue weighted by molar-refractivity contribution is 5.79. The van der Waals surface area contributed by atoms with E-state index in [2.05, 4.69) is 34.2 Å². The van der Waals surface area contributed by atoms with Gasteiger partial charge in [-0.2, -0.15) is 4.98 Å². The van der Waals surface area contributed by atoms with E-state index in [0.717, 1.165) is 48.4 Å². The molecule has 35 heavy (non-hydrogen) atoms. The smallest absolute Gasteiger partial charge is 0.241 e. The van der Waals surface area contributed by atoms with Gasteiger partial charge in [-0.25, -0.2) is 0 Å². The minimum absolute atomic E-state index is 0.0548. The van der Waals surface area contributed by atoms with Crippen molar-refractivity contribution < 1.29 is 18.8 Å². The summed E-state index contributed by atoms with van der Waals surface area (Å²) < 4.78 is 16.8. The molecule has 2 unspecified atom stereocenters. The number of fused-ring (bicyclic) bond motifs is 1. The maximum Gasteiger partial charge on any atom is 0.241 e. The van der Waals surface area contributed by atoms with Crippen molar-refractivity contribution in [2.75, 3.05) is 20.2 Å². The molecule has 3 heterocycles. The van der Waals surface area contributed by atoms with Gasteiger partial charge in [0.1, 0.15) is 17.1 Å². The van der Waals surface area contributed by atoms with E-state index in [1.165, 1.54) is 0 Å². The summed E-state index contributed by atoms with van der Waals surface area (Å²) in [7, 11) is 1.64. The highest BCUT2D eigenvalue weighted by atomic mass is 16.5. The first-order valence-electron chi connectivity index (χ1n) is 12.2. The van der Waals surface area contributed by atoms with Gasteiger partial charge in [-0.15, -0.1) is 0 Å². The first-order chi connectivity index (χ1) is 16.9. The number of ether oxygens (including phenoxy) is 2. The maximum absolute atomic E-state index is 13.3. The molecule has 2 aromatic carbocycles. The number of rotatable bonds is 6. The number of carbonyl (C=O) groups is 1. The molecule has 0 aliphatic carbocycles. The Morgan fingerprint density at radius 1 is 1.20 bits per heavy atom. The summed E-state index contributed by atoms with van der Waals surface area (Å²) in [6.07, 6.45) is 2.56. The van der Waals surface area contributed by atoms with E-state index in [-0.39, 0.29) is 23.5 Å². The zero-order valence-corrected chi connectivity index (χ0v) is 20.5. The quantitative estimate of drug-likeness (QED) is 0.565. The van der Waals surface area contributed by atoms with Crippen LogP contribution in [0.15, 0.2) is 53.1 Å². The van der Waals surface area contributed by atoms with Gasteiger partial charge in [0.05, 0.1) is 25.6 Å². The fourth-order valence-corrected chi connectivity index (χ4v) is 5.00. The standard InChI is InChI=1S/C27H32N4O4/c1-27(2)15-22(21-8-4-5-9-23(21)34-27)28-26(32)19-7-6-14-31(16-19)17-24-29-25(30-35-24)18-10-12-20(33-3)13-11-18/h4-5,8-13,19,22H,6-7,14-17H2,1-3H3,(H,28,32). The molecule has 1 fully saturated rings. The molecule has 0 radical (unpaired) electrons. The van der Waals surface area contributed by atoms with Crippen molar-refractivity contribution in [1.29, 1.82) is 0 Å². The number of methoxy groups -OCH3 is 1. The number of hydrogen-bond acceptors (Lipinski definition) is 7. The Bertz CT molecular complexity index is 1170. The van der Waals surface area contributed by atoms with Crippen molar-refractivity contribution in [3.63, 3.8) is 0 Å². The van der Waals surface area contributed by atoms with E-state index in [1.54, 1.807) is 7.11 Å². The van der Waals surface area contributed by atoms with Gasteiger partial charge in [0, 0.05) is 24.1 Å². The minimum atomic E-state index is -0.329. The molecule has 1 saturated heterocycles. The molecule has 3 aromatic rings. The van der Waals surface area contributed by atoms with Gasteiger partial charge in [-0.05, 0) is 63.6 Å². The molecule has 8 nitrogen and oxygen atoms in total. The Morgan fingerprint density at radius 2 is 2.00 bits per heavy atom. The van der Waals surface area contributed by atoms with Gasteiger partial charge in [0.15, 0.2) is 0 Å². The number of piperidine rings is 1. The molecule has 2 aliphatic heterocycles. The number of nitrogens with zero attached hydrogens (tertiary/aromatic N) is 3. The van der Waals surface area contributed by atoms with E-state index in [0.29, 0.717) is 24.8 Å². The monoisotopic (exact) mass is 476 g/mol. The third-order valence-electron chi connectivity index (χ3n) is 6.74. The fourth-order valence-electron chi connectivity index (χ4n) is 5.00. The van der Waals surface area contributed by atoms with E-state index >= 15 is 0 Å². The van der Waals surface area contributed by atoms with Crippen LogP contribution >= 0.6 is 0 Å². The van der Waals surface area contributed by atoms with Crippen LogP contribution in [0.2, 0.25) is 0 Å².